The molecule has 1 aromatic heterocycles. The monoisotopic (exact) mass is 235 g/mol. The molecule has 0 bridgehead atoms. The standard InChI is InChI=1S/C12H14FN3O/c1-16-8-11(14-15-16)5-3-9-7-10(13)4-6-12(9)17-2/h4,6-8H,3,5H2,1-2H3. The maximum Gasteiger partial charge on any atom is 0.123 e. The SMILES string of the molecule is COc1ccc(F)cc1CCc1cn(C)nn1. The van der Waals surface area contributed by atoms with Crippen LogP contribution in [-0.4, -0.2) is 22.1 Å². The van der Waals surface area contributed by atoms with Crippen LogP contribution >= 0.6 is 0 Å². The Kier molecular flexibility index (Phi) is 3.37. The number of methoxy groups -OCH3 is 1. The Labute approximate surface area is 99.0 Å². The maximum atomic E-state index is 13.1. The molecule has 0 spiro atoms. The fraction of sp³-hybridized carbons (Fsp3) is 0.333. The molecule has 0 unspecified atom stereocenters. The summed E-state index contributed by atoms with van der Waals surface area (Å²) in [5, 5.41) is 7.84. The zero-order valence-corrected chi connectivity index (χ0v) is 9.85. The highest BCUT2D eigenvalue weighted by atomic mass is 19.1. The second-order valence-corrected chi connectivity index (χ2v) is 3.84. The van der Waals surface area contributed by atoms with Crippen LogP contribution < -0.4 is 4.74 Å². The molecule has 0 aliphatic carbocycles. The van der Waals surface area contributed by atoms with Gasteiger partial charge in [-0.15, -0.1) is 5.10 Å². The van der Waals surface area contributed by atoms with Crippen LogP contribution in [0.2, 0.25) is 0 Å². The Morgan fingerprint density at radius 1 is 1.35 bits per heavy atom. The van der Waals surface area contributed by atoms with Crippen molar-refractivity contribution < 1.29 is 9.13 Å². The topological polar surface area (TPSA) is 39.9 Å². The number of aromatic nitrogens is 3. The van der Waals surface area contributed by atoms with Crippen molar-refractivity contribution in [2.24, 2.45) is 7.05 Å². The summed E-state index contributed by atoms with van der Waals surface area (Å²) in [6, 6.07) is 4.53. The molecule has 0 amide bonds. The summed E-state index contributed by atoms with van der Waals surface area (Å²) >= 11 is 0. The first-order valence-corrected chi connectivity index (χ1v) is 5.36. The lowest BCUT2D eigenvalue weighted by atomic mass is 10.1. The van der Waals surface area contributed by atoms with Gasteiger partial charge in [0.25, 0.3) is 0 Å². The van der Waals surface area contributed by atoms with Gasteiger partial charge < -0.3 is 4.74 Å². The largest absolute Gasteiger partial charge is 0.496 e. The van der Waals surface area contributed by atoms with Crippen LogP contribution in [0.25, 0.3) is 0 Å². The number of benzene rings is 1. The normalized spacial score (nSPS) is 10.5. The van der Waals surface area contributed by atoms with Crippen molar-refractivity contribution in [2.75, 3.05) is 7.11 Å². The summed E-state index contributed by atoms with van der Waals surface area (Å²) in [7, 11) is 3.40. The van der Waals surface area contributed by atoms with Crippen LogP contribution in [0.5, 0.6) is 5.75 Å². The van der Waals surface area contributed by atoms with Crippen molar-refractivity contribution >= 4 is 0 Å². The molecule has 0 fully saturated rings. The van der Waals surface area contributed by atoms with E-state index in [9.17, 15) is 4.39 Å². The van der Waals surface area contributed by atoms with Crippen molar-refractivity contribution in [2.45, 2.75) is 12.8 Å². The van der Waals surface area contributed by atoms with Crippen molar-refractivity contribution in [1.82, 2.24) is 15.0 Å². The lowest BCUT2D eigenvalue weighted by Crippen LogP contribution is -1.96. The van der Waals surface area contributed by atoms with E-state index >= 15 is 0 Å². The predicted octanol–water partition coefficient (Wildman–Crippen LogP) is 1.75. The first kappa shape index (κ1) is 11.6. The van der Waals surface area contributed by atoms with Gasteiger partial charge in [-0.1, -0.05) is 5.21 Å². The van der Waals surface area contributed by atoms with Crippen molar-refractivity contribution in [3.63, 3.8) is 0 Å². The van der Waals surface area contributed by atoms with E-state index in [0.717, 1.165) is 11.3 Å². The minimum Gasteiger partial charge on any atom is -0.496 e. The second-order valence-electron chi connectivity index (χ2n) is 3.84. The summed E-state index contributed by atoms with van der Waals surface area (Å²) in [6.07, 6.45) is 3.25. The van der Waals surface area contributed by atoms with Crippen LogP contribution in [0.3, 0.4) is 0 Å². The third-order valence-corrected chi connectivity index (χ3v) is 2.54. The van der Waals surface area contributed by atoms with Crippen LogP contribution in [0.1, 0.15) is 11.3 Å². The van der Waals surface area contributed by atoms with E-state index in [4.69, 9.17) is 4.74 Å². The maximum absolute atomic E-state index is 13.1. The molecule has 1 heterocycles. The van der Waals surface area contributed by atoms with Crippen molar-refractivity contribution in [3.05, 3.63) is 41.5 Å². The number of rotatable bonds is 4. The zero-order chi connectivity index (χ0) is 12.3. The molecule has 0 saturated heterocycles. The third-order valence-electron chi connectivity index (χ3n) is 2.54. The van der Waals surface area contributed by atoms with Crippen molar-refractivity contribution in [1.29, 1.82) is 0 Å². The zero-order valence-electron chi connectivity index (χ0n) is 9.85. The molecule has 0 N–H and O–H groups in total. The number of halogens is 1. The van der Waals surface area contributed by atoms with Crippen LogP contribution in [0.15, 0.2) is 24.4 Å². The molecule has 5 heteroatoms. The molecule has 0 aliphatic rings. The average molecular weight is 235 g/mol. The highest BCUT2D eigenvalue weighted by molar-refractivity contribution is 5.34. The Morgan fingerprint density at radius 2 is 2.18 bits per heavy atom. The highest BCUT2D eigenvalue weighted by Crippen LogP contribution is 2.20. The van der Waals surface area contributed by atoms with Gasteiger partial charge in [-0.05, 0) is 36.6 Å². The quantitative estimate of drug-likeness (QED) is 0.810. The molecule has 0 saturated carbocycles. The second kappa shape index (κ2) is 4.95. The van der Waals surface area contributed by atoms with Crippen LogP contribution in [0.4, 0.5) is 4.39 Å². The molecule has 4 nitrogen and oxygen atoms in total. The molecule has 0 atom stereocenters. The van der Waals surface area contributed by atoms with Gasteiger partial charge in [0, 0.05) is 13.2 Å². The minimum atomic E-state index is -0.250. The van der Waals surface area contributed by atoms with Gasteiger partial charge in [0.2, 0.25) is 0 Å². The fourth-order valence-electron chi connectivity index (χ4n) is 1.72. The Balaban J connectivity index is 2.10. The minimum absolute atomic E-state index is 0.250. The van der Waals surface area contributed by atoms with Crippen LogP contribution in [-0.2, 0) is 19.9 Å². The molecule has 0 radical (unpaired) electrons. The van der Waals surface area contributed by atoms with Gasteiger partial charge in [0.1, 0.15) is 11.6 Å². The Hall–Kier alpha value is -1.91. The highest BCUT2D eigenvalue weighted by Gasteiger charge is 2.06. The number of ether oxygens (including phenoxy) is 1. The lowest BCUT2D eigenvalue weighted by molar-refractivity contribution is 0.408. The van der Waals surface area contributed by atoms with E-state index in [1.165, 1.54) is 12.1 Å². The molecular weight excluding hydrogens is 221 g/mol. The molecule has 2 rings (SSSR count). The van der Waals surface area contributed by atoms with Gasteiger partial charge >= 0.3 is 0 Å². The molecule has 17 heavy (non-hydrogen) atoms. The van der Waals surface area contributed by atoms with Gasteiger partial charge in [-0.2, -0.15) is 0 Å². The lowest BCUT2D eigenvalue weighted by Gasteiger charge is -2.07. The number of aryl methyl sites for hydroxylation is 3. The fourth-order valence-corrected chi connectivity index (χ4v) is 1.72. The predicted molar refractivity (Wildman–Crippen MR) is 61.4 cm³/mol. The van der Waals surface area contributed by atoms with Crippen LogP contribution in [0, 0.1) is 5.82 Å². The third kappa shape index (κ3) is 2.81. The number of hydrogen-bond donors (Lipinski definition) is 0. The van der Waals surface area contributed by atoms with E-state index in [-0.39, 0.29) is 5.82 Å². The number of nitrogens with zero attached hydrogens (tertiary/aromatic N) is 3. The molecule has 2 aromatic rings. The van der Waals surface area contributed by atoms with E-state index < -0.39 is 0 Å². The van der Waals surface area contributed by atoms with Gasteiger partial charge in [0.15, 0.2) is 0 Å². The first-order chi connectivity index (χ1) is 8.19. The first-order valence-electron chi connectivity index (χ1n) is 5.36. The molecule has 0 aliphatic heterocycles. The summed E-state index contributed by atoms with van der Waals surface area (Å²) in [4.78, 5) is 0. The summed E-state index contributed by atoms with van der Waals surface area (Å²) < 4.78 is 20.0. The smallest absolute Gasteiger partial charge is 0.123 e. The Bertz CT molecular complexity index is 510. The Morgan fingerprint density at radius 3 is 2.82 bits per heavy atom. The van der Waals surface area contributed by atoms with Gasteiger partial charge in [-0.25, -0.2) is 4.39 Å². The summed E-state index contributed by atoms with van der Waals surface area (Å²) in [6.45, 7) is 0. The van der Waals surface area contributed by atoms with E-state index in [2.05, 4.69) is 10.3 Å². The van der Waals surface area contributed by atoms with E-state index in [1.54, 1.807) is 17.9 Å². The average Bonchev–Trinajstić information content (AvgIpc) is 2.73. The van der Waals surface area contributed by atoms with Gasteiger partial charge in [0.05, 0.1) is 12.8 Å². The summed E-state index contributed by atoms with van der Waals surface area (Å²) in [5.41, 5.74) is 1.73. The van der Waals surface area contributed by atoms with Gasteiger partial charge in [-0.3, -0.25) is 4.68 Å². The molecule has 1 aromatic carbocycles. The van der Waals surface area contributed by atoms with Crippen molar-refractivity contribution in [3.8, 4) is 5.75 Å². The summed E-state index contributed by atoms with van der Waals surface area (Å²) in [5.74, 6) is 0.454. The van der Waals surface area contributed by atoms with E-state index in [1.807, 2.05) is 13.2 Å². The van der Waals surface area contributed by atoms with E-state index in [0.29, 0.717) is 18.6 Å². The molecule has 90 valence electrons. The molecular formula is C12H14FN3O. The number of hydrogen-bond acceptors (Lipinski definition) is 3.